The minimum atomic E-state index is -1.58. The Morgan fingerprint density at radius 3 is 2.75 bits per heavy atom. The number of urea groups is 1. The third kappa shape index (κ3) is 2.89. The molecule has 0 saturated carbocycles. The first-order valence-electron chi connectivity index (χ1n) is 6.75. The van der Waals surface area contributed by atoms with Gasteiger partial charge in [0, 0.05) is 12.6 Å². The van der Waals surface area contributed by atoms with Crippen LogP contribution in [0.1, 0.15) is 32.6 Å². The van der Waals surface area contributed by atoms with Gasteiger partial charge in [0.05, 0.1) is 5.69 Å². The van der Waals surface area contributed by atoms with E-state index in [1.165, 1.54) is 0 Å². The summed E-state index contributed by atoms with van der Waals surface area (Å²) in [6, 6.07) is 1.46. The molecule has 0 radical (unpaired) electrons. The van der Waals surface area contributed by atoms with E-state index in [0.29, 0.717) is 6.54 Å². The zero-order valence-corrected chi connectivity index (χ0v) is 11.3. The molecule has 3 nitrogen and oxygen atoms in total. The summed E-state index contributed by atoms with van der Waals surface area (Å²) in [6.45, 7) is 2.57. The Morgan fingerprint density at radius 1 is 1.30 bits per heavy atom. The van der Waals surface area contributed by atoms with Gasteiger partial charge >= 0.3 is 6.03 Å². The second-order valence-electron chi connectivity index (χ2n) is 4.90. The van der Waals surface area contributed by atoms with E-state index in [9.17, 15) is 18.0 Å². The first-order chi connectivity index (χ1) is 9.54. The fourth-order valence-electron chi connectivity index (χ4n) is 2.50. The highest BCUT2D eigenvalue weighted by Crippen LogP contribution is 2.23. The number of hydrogen-bond donors (Lipinski definition) is 1. The van der Waals surface area contributed by atoms with Gasteiger partial charge in [-0.2, -0.15) is 0 Å². The molecule has 1 fully saturated rings. The molecule has 0 bridgehead atoms. The number of anilines is 1. The van der Waals surface area contributed by atoms with Gasteiger partial charge in [-0.25, -0.2) is 18.0 Å². The second kappa shape index (κ2) is 6.15. The van der Waals surface area contributed by atoms with E-state index >= 15 is 0 Å². The van der Waals surface area contributed by atoms with Crippen molar-refractivity contribution in [2.24, 2.45) is 0 Å². The lowest BCUT2D eigenvalue weighted by Gasteiger charge is -2.35. The molecule has 0 aliphatic carbocycles. The van der Waals surface area contributed by atoms with E-state index in [1.807, 2.05) is 6.92 Å². The van der Waals surface area contributed by atoms with E-state index in [0.717, 1.165) is 37.8 Å². The maximum Gasteiger partial charge on any atom is 0.322 e. The highest BCUT2D eigenvalue weighted by atomic mass is 19.2. The molecule has 1 unspecified atom stereocenters. The topological polar surface area (TPSA) is 32.3 Å². The van der Waals surface area contributed by atoms with Gasteiger partial charge in [-0.15, -0.1) is 0 Å². The fourth-order valence-corrected chi connectivity index (χ4v) is 2.50. The quantitative estimate of drug-likeness (QED) is 0.822. The summed E-state index contributed by atoms with van der Waals surface area (Å²) in [6.07, 6.45) is 3.67. The van der Waals surface area contributed by atoms with E-state index in [-0.39, 0.29) is 11.7 Å². The van der Waals surface area contributed by atoms with Gasteiger partial charge in [0.1, 0.15) is 0 Å². The lowest BCUT2D eigenvalue weighted by molar-refractivity contribution is 0.160. The third-order valence-electron chi connectivity index (χ3n) is 3.64. The molecule has 2 amide bonds. The predicted molar refractivity (Wildman–Crippen MR) is 70.0 cm³/mol. The molecular formula is C14H17F3N2O. The van der Waals surface area contributed by atoms with Gasteiger partial charge in [-0.05, 0) is 37.8 Å². The van der Waals surface area contributed by atoms with Crippen molar-refractivity contribution < 1.29 is 18.0 Å². The van der Waals surface area contributed by atoms with Crippen LogP contribution in [0.3, 0.4) is 0 Å². The number of amides is 2. The smallest absolute Gasteiger partial charge is 0.322 e. The molecule has 1 N–H and O–H groups in total. The molecule has 1 aromatic carbocycles. The Kier molecular flexibility index (Phi) is 4.52. The van der Waals surface area contributed by atoms with Crippen LogP contribution in [0.15, 0.2) is 12.1 Å². The monoisotopic (exact) mass is 286 g/mol. The number of likely N-dealkylation sites (tertiary alicyclic amines) is 1. The van der Waals surface area contributed by atoms with Gasteiger partial charge in [0.2, 0.25) is 0 Å². The predicted octanol–water partition coefficient (Wildman–Crippen LogP) is 3.90. The van der Waals surface area contributed by atoms with Crippen LogP contribution in [0.25, 0.3) is 0 Å². The number of halogens is 3. The molecule has 2 rings (SSSR count). The van der Waals surface area contributed by atoms with Gasteiger partial charge in [-0.1, -0.05) is 6.92 Å². The van der Waals surface area contributed by atoms with Crippen LogP contribution >= 0.6 is 0 Å². The number of nitrogens with zero attached hydrogens (tertiary/aromatic N) is 1. The SMILES string of the molecule is CCC1CCCCN1C(=O)Nc1ccc(F)c(F)c1F. The number of nitrogens with one attached hydrogen (secondary N) is 1. The summed E-state index contributed by atoms with van der Waals surface area (Å²) in [7, 11) is 0. The summed E-state index contributed by atoms with van der Waals surface area (Å²) in [4.78, 5) is 13.7. The summed E-state index contributed by atoms with van der Waals surface area (Å²) in [5.41, 5.74) is -0.339. The van der Waals surface area contributed by atoms with Crippen molar-refractivity contribution >= 4 is 11.7 Å². The van der Waals surface area contributed by atoms with Crippen molar-refractivity contribution in [3.05, 3.63) is 29.6 Å². The van der Waals surface area contributed by atoms with E-state index in [2.05, 4.69) is 5.32 Å². The average molecular weight is 286 g/mol. The lowest BCUT2D eigenvalue weighted by Crippen LogP contribution is -2.45. The van der Waals surface area contributed by atoms with Crippen LogP contribution in [0, 0.1) is 17.5 Å². The number of hydrogen-bond acceptors (Lipinski definition) is 1. The first kappa shape index (κ1) is 14.7. The highest BCUT2D eigenvalue weighted by molar-refractivity contribution is 5.89. The third-order valence-corrected chi connectivity index (χ3v) is 3.64. The molecule has 1 aromatic rings. The van der Waals surface area contributed by atoms with E-state index in [1.54, 1.807) is 4.90 Å². The van der Waals surface area contributed by atoms with Crippen LogP contribution < -0.4 is 5.32 Å². The Bertz CT molecular complexity index is 507. The van der Waals surface area contributed by atoms with Crippen molar-refractivity contribution in [1.29, 1.82) is 0 Å². The Balaban J connectivity index is 2.13. The largest absolute Gasteiger partial charge is 0.322 e. The zero-order valence-electron chi connectivity index (χ0n) is 11.3. The molecule has 0 spiro atoms. The average Bonchev–Trinajstić information content (AvgIpc) is 2.47. The van der Waals surface area contributed by atoms with E-state index < -0.39 is 23.5 Å². The van der Waals surface area contributed by atoms with Gasteiger partial charge in [-0.3, -0.25) is 0 Å². The molecule has 1 saturated heterocycles. The summed E-state index contributed by atoms with van der Waals surface area (Å²) < 4.78 is 39.5. The minimum absolute atomic E-state index is 0.108. The van der Waals surface area contributed by atoms with Crippen molar-refractivity contribution in [3.63, 3.8) is 0 Å². The minimum Gasteiger partial charge on any atom is -0.322 e. The number of piperidine rings is 1. The Hall–Kier alpha value is -1.72. The normalized spacial score (nSPS) is 19.0. The number of rotatable bonds is 2. The molecule has 1 heterocycles. The maximum absolute atomic E-state index is 13.5. The standard InChI is InChI=1S/C14H17F3N2O/c1-2-9-5-3-4-8-19(9)14(20)18-11-7-6-10(15)12(16)13(11)17/h6-7,9H,2-5,8H2,1H3,(H,18,20). The van der Waals surface area contributed by atoms with Gasteiger partial charge < -0.3 is 10.2 Å². The van der Waals surface area contributed by atoms with Crippen molar-refractivity contribution in [2.45, 2.75) is 38.6 Å². The number of carbonyl (C=O) groups is 1. The van der Waals surface area contributed by atoms with Gasteiger partial charge in [0.25, 0.3) is 0 Å². The first-order valence-corrected chi connectivity index (χ1v) is 6.75. The molecule has 0 aromatic heterocycles. The Morgan fingerprint density at radius 2 is 2.05 bits per heavy atom. The molecule has 1 atom stereocenters. The van der Waals surface area contributed by atoms with E-state index in [4.69, 9.17) is 0 Å². The van der Waals surface area contributed by atoms with Crippen LogP contribution in [-0.4, -0.2) is 23.5 Å². The molecule has 1 aliphatic heterocycles. The summed E-state index contributed by atoms with van der Waals surface area (Å²) >= 11 is 0. The van der Waals surface area contributed by atoms with Gasteiger partial charge in [0.15, 0.2) is 17.5 Å². The van der Waals surface area contributed by atoms with Crippen LogP contribution in [-0.2, 0) is 0 Å². The summed E-state index contributed by atoms with van der Waals surface area (Å²) in [5, 5.41) is 2.32. The molecule has 20 heavy (non-hydrogen) atoms. The Labute approximate surface area is 115 Å². The lowest BCUT2D eigenvalue weighted by atomic mass is 10.0. The van der Waals surface area contributed by atoms with Crippen LogP contribution in [0.5, 0.6) is 0 Å². The number of benzene rings is 1. The van der Waals surface area contributed by atoms with Crippen molar-refractivity contribution in [2.75, 3.05) is 11.9 Å². The fraction of sp³-hybridized carbons (Fsp3) is 0.500. The second-order valence-corrected chi connectivity index (χ2v) is 4.90. The number of carbonyl (C=O) groups excluding carboxylic acids is 1. The van der Waals surface area contributed by atoms with Crippen molar-refractivity contribution in [1.82, 2.24) is 4.90 Å². The molecule has 6 heteroatoms. The molecule has 110 valence electrons. The molecule has 1 aliphatic rings. The maximum atomic E-state index is 13.5. The zero-order chi connectivity index (χ0) is 14.7. The van der Waals surface area contributed by atoms with Crippen LogP contribution in [0.4, 0.5) is 23.7 Å². The van der Waals surface area contributed by atoms with Crippen molar-refractivity contribution in [3.8, 4) is 0 Å². The van der Waals surface area contributed by atoms with Crippen LogP contribution in [0.2, 0.25) is 0 Å². The molecular weight excluding hydrogens is 269 g/mol. The highest BCUT2D eigenvalue weighted by Gasteiger charge is 2.26. The summed E-state index contributed by atoms with van der Waals surface area (Å²) in [5.74, 6) is -4.22.